The fourth-order valence-electron chi connectivity index (χ4n) is 2.61. The lowest BCUT2D eigenvalue weighted by atomic mass is 10.1. The summed E-state index contributed by atoms with van der Waals surface area (Å²) in [5.41, 5.74) is 0.444. The molecule has 6 nitrogen and oxygen atoms in total. The second-order valence-electron chi connectivity index (χ2n) is 5.92. The summed E-state index contributed by atoms with van der Waals surface area (Å²) < 4.78 is 10.8. The van der Waals surface area contributed by atoms with E-state index in [1.165, 1.54) is 7.11 Å². The lowest BCUT2D eigenvalue weighted by Gasteiger charge is -2.33. The van der Waals surface area contributed by atoms with Crippen LogP contribution in [0.5, 0.6) is 5.88 Å². The van der Waals surface area contributed by atoms with Gasteiger partial charge in [0.2, 0.25) is 5.88 Å². The van der Waals surface area contributed by atoms with Crippen LogP contribution in [0.3, 0.4) is 0 Å². The van der Waals surface area contributed by atoms with Crippen molar-refractivity contribution in [3.05, 3.63) is 23.9 Å². The van der Waals surface area contributed by atoms with Crippen LogP contribution in [-0.4, -0.2) is 61.8 Å². The third-order valence-corrected chi connectivity index (χ3v) is 3.55. The zero-order valence-electron chi connectivity index (χ0n) is 13.5. The number of hydrogen-bond donors (Lipinski definition) is 1. The standard InChI is InChI=1S/C16H25N3O3/c1-12(2)10-19-7-8-22-13(11-19)9-18-15(20)14-5-4-6-17-16(14)21-3/h4-6,12-13H,7-11H2,1-3H3,(H,18,20)/t13-/m1/s1. The number of carbonyl (C=O) groups is 1. The molecule has 0 spiro atoms. The van der Waals surface area contributed by atoms with Crippen molar-refractivity contribution in [2.75, 3.05) is 39.9 Å². The van der Waals surface area contributed by atoms with Gasteiger partial charge in [-0.25, -0.2) is 4.98 Å². The van der Waals surface area contributed by atoms with Crippen LogP contribution >= 0.6 is 0 Å². The molecule has 1 aromatic heterocycles. The van der Waals surface area contributed by atoms with Crippen LogP contribution in [0.4, 0.5) is 0 Å². The number of methoxy groups -OCH3 is 1. The Balaban J connectivity index is 1.85. The number of hydrogen-bond acceptors (Lipinski definition) is 5. The molecule has 0 unspecified atom stereocenters. The molecule has 0 saturated carbocycles. The molecule has 2 rings (SSSR count). The third kappa shape index (κ3) is 4.68. The Hall–Kier alpha value is -1.66. The van der Waals surface area contributed by atoms with Gasteiger partial charge in [-0.05, 0) is 18.1 Å². The summed E-state index contributed by atoms with van der Waals surface area (Å²) >= 11 is 0. The number of amides is 1. The highest BCUT2D eigenvalue weighted by Crippen LogP contribution is 2.13. The summed E-state index contributed by atoms with van der Waals surface area (Å²) in [6.45, 7) is 8.49. The van der Waals surface area contributed by atoms with E-state index >= 15 is 0 Å². The number of ether oxygens (including phenoxy) is 2. The molecule has 1 aromatic rings. The summed E-state index contributed by atoms with van der Waals surface area (Å²) in [5.74, 6) is 0.786. The van der Waals surface area contributed by atoms with E-state index in [4.69, 9.17) is 9.47 Å². The normalized spacial score (nSPS) is 19.2. The highest BCUT2D eigenvalue weighted by molar-refractivity contribution is 5.96. The Bertz CT molecular complexity index is 493. The van der Waals surface area contributed by atoms with Crippen LogP contribution in [0.15, 0.2) is 18.3 Å². The van der Waals surface area contributed by atoms with Gasteiger partial charge in [0.1, 0.15) is 5.56 Å². The molecule has 1 N–H and O–H groups in total. The first-order chi connectivity index (χ1) is 10.6. The molecule has 0 bridgehead atoms. The number of nitrogens with zero attached hydrogens (tertiary/aromatic N) is 2. The van der Waals surface area contributed by atoms with Gasteiger partial charge in [-0.2, -0.15) is 0 Å². The van der Waals surface area contributed by atoms with Crippen molar-refractivity contribution in [1.29, 1.82) is 0 Å². The van der Waals surface area contributed by atoms with Crippen molar-refractivity contribution in [2.24, 2.45) is 5.92 Å². The molecule has 122 valence electrons. The summed E-state index contributed by atoms with van der Waals surface area (Å²) in [4.78, 5) is 18.6. The van der Waals surface area contributed by atoms with Crippen molar-refractivity contribution in [3.63, 3.8) is 0 Å². The van der Waals surface area contributed by atoms with Crippen LogP contribution in [0.2, 0.25) is 0 Å². The first-order valence-electron chi connectivity index (χ1n) is 7.71. The summed E-state index contributed by atoms with van der Waals surface area (Å²) in [6.07, 6.45) is 1.63. The van der Waals surface area contributed by atoms with Gasteiger partial charge in [0.05, 0.1) is 19.8 Å². The smallest absolute Gasteiger partial charge is 0.256 e. The Labute approximate surface area is 131 Å². The molecular formula is C16H25N3O3. The maximum Gasteiger partial charge on any atom is 0.256 e. The Morgan fingerprint density at radius 3 is 3.14 bits per heavy atom. The largest absolute Gasteiger partial charge is 0.480 e. The van der Waals surface area contributed by atoms with E-state index in [-0.39, 0.29) is 12.0 Å². The molecular weight excluding hydrogens is 282 g/mol. The van der Waals surface area contributed by atoms with Crippen molar-refractivity contribution in [3.8, 4) is 5.88 Å². The van der Waals surface area contributed by atoms with Crippen LogP contribution in [0, 0.1) is 5.92 Å². The van der Waals surface area contributed by atoms with E-state index < -0.39 is 0 Å². The minimum Gasteiger partial charge on any atom is -0.480 e. The van der Waals surface area contributed by atoms with E-state index in [2.05, 4.69) is 29.0 Å². The Morgan fingerprint density at radius 1 is 1.59 bits per heavy atom. The molecule has 22 heavy (non-hydrogen) atoms. The molecule has 1 atom stereocenters. The number of carbonyl (C=O) groups excluding carboxylic acids is 1. The molecule has 0 aliphatic carbocycles. The maximum absolute atomic E-state index is 12.2. The average molecular weight is 307 g/mol. The van der Waals surface area contributed by atoms with Gasteiger partial charge in [0.25, 0.3) is 5.91 Å². The third-order valence-electron chi connectivity index (χ3n) is 3.55. The molecule has 1 aliphatic heterocycles. The maximum atomic E-state index is 12.2. The number of pyridine rings is 1. The first-order valence-corrected chi connectivity index (χ1v) is 7.71. The predicted octanol–water partition coefficient (Wildman–Crippen LogP) is 1.18. The van der Waals surface area contributed by atoms with E-state index in [1.54, 1.807) is 18.3 Å². The van der Waals surface area contributed by atoms with Crippen LogP contribution in [0.25, 0.3) is 0 Å². The van der Waals surface area contributed by atoms with E-state index in [0.717, 1.165) is 19.6 Å². The molecule has 2 heterocycles. The molecule has 0 radical (unpaired) electrons. The fourth-order valence-corrected chi connectivity index (χ4v) is 2.61. The topological polar surface area (TPSA) is 63.7 Å². The summed E-state index contributed by atoms with van der Waals surface area (Å²) in [5, 5.41) is 2.91. The Kier molecular flexibility index (Phi) is 6.15. The van der Waals surface area contributed by atoms with Crippen LogP contribution < -0.4 is 10.1 Å². The van der Waals surface area contributed by atoms with Crippen molar-refractivity contribution >= 4 is 5.91 Å². The first kappa shape index (κ1) is 16.7. The highest BCUT2D eigenvalue weighted by atomic mass is 16.5. The van der Waals surface area contributed by atoms with Gasteiger partial charge < -0.3 is 14.8 Å². The van der Waals surface area contributed by atoms with Gasteiger partial charge in [0, 0.05) is 32.4 Å². The lowest BCUT2D eigenvalue weighted by molar-refractivity contribution is -0.0295. The monoisotopic (exact) mass is 307 g/mol. The summed E-state index contributed by atoms with van der Waals surface area (Å²) in [7, 11) is 1.51. The minimum absolute atomic E-state index is 0.0270. The second-order valence-corrected chi connectivity index (χ2v) is 5.92. The molecule has 0 aromatic carbocycles. The fraction of sp³-hybridized carbons (Fsp3) is 0.625. The molecule has 1 amide bonds. The highest BCUT2D eigenvalue weighted by Gasteiger charge is 2.22. The number of morpholine rings is 1. The number of rotatable bonds is 6. The minimum atomic E-state index is -0.186. The van der Waals surface area contributed by atoms with Crippen molar-refractivity contribution < 1.29 is 14.3 Å². The van der Waals surface area contributed by atoms with Gasteiger partial charge in [-0.15, -0.1) is 0 Å². The van der Waals surface area contributed by atoms with Crippen LogP contribution in [0.1, 0.15) is 24.2 Å². The molecule has 1 saturated heterocycles. The van der Waals surface area contributed by atoms with E-state index in [1.807, 2.05) is 0 Å². The zero-order valence-corrected chi connectivity index (χ0v) is 13.5. The van der Waals surface area contributed by atoms with E-state index in [0.29, 0.717) is 30.5 Å². The molecule has 1 fully saturated rings. The zero-order chi connectivity index (χ0) is 15.9. The van der Waals surface area contributed by atoms with Gasteiger partial charge in [-0.1, -0.05) is 13.8 Å². The number of nitrogens with one attached hydrogen (secondary N) is 1. The van der Waals surface area contributed by atoms with Gasteiger partial charge in [0.15, 0.2) is 0 Å². The Morgan fingerprint density at radius 2 is 2.41 bits per heavy atom. The van der Waals surface area contributed by atoms with Crippen LogP contribution in [-0.2, 0) is 4.74 Å². The SMILES string of the molecule is COc1ncccc1C(=O)NC[C@@H]1CN(CC(C)C)CCO1. The summed E-state index contributed by atoms with van der Waals surface area (Å²) in [6, 6.07) is 3.42. The quantitative estimate of drug-likeness (QED) is 0.855. The average Bonchev–Trinajstić information content (AvgIpc) is 2.52. The lowest BCUT2D eigenvalue weighted by Crippen LogP contribution is -2.48. The predicted molar refractivity (Wildman–Crippen MR) is 84.1 cm³/mol. The van der Waals surface area contributed by atoms with Gasteiger partial charge >= 0.3 is 0 Å². The number of aromatic nitrogens is 1. The van der Waals surface area contributed by atoms with E-state index in [9.17, 15) is 4.79 Å². The molecule has 6 heteroatoms. The van der Waals surface area contributed by atoms with Gasteiger partial charge in [-0.3, -0.25) is 9.69 Å². The van der Waals surface area contributed by atoms with Crippen molar-refractivity contribution in [2.45, 2.75) is 20.0 Å². The molecule has 1 aliphatic rings. The van der Waals surface area contributed by atoms with Crippen molar-refractivity contribution in [1.82, 2.24) is 15.2 Å². The second kappa shape index (κ2) is 8.10.